The van der Waals surface area contributed by atoms with Crippen LogP contribution in [0, 0.1) is 25.2 Å². The molecule has 0 aromatic carbocycles. The maximum absolute atomic E-state index is 12.0. The van der Waals surface area contributed by atoms with Crippen molar-refractivity contribution in [3.63, 3.8) is 0 Å². The van der Waals surface area contributed by atoms with Crippen molar-refractivity contribution in [2.24, 2.45) is 0 Å². The van der Waals surface area contributed by atoms with Gasteiger partial charge in [-0.15, -0.1) is 22.7 Å². The fraction of sp³-hybridized carbons (Fsp3) is 0.273. The summed E-state index contributed by atoms with van der Waals surface area (Å²) in [4.78, 5) is 20.3. The summed E-state index contributed by atoms with van der Waals surface area (Å²) in [6, 6.07) is 1.97. The van der Waals surface area contributed by atoms with Crippen molar-refractivity contribution in [2.75, 3.05) is 5.32 Å². The smallest absolute Gasteiger partial charge is 0.250 e. The van der Waals surface area contributed by atoms with Gasteiger partial charge in [-0.2, -0.15) is 5.26 Å². The third kappa shape index (κ3) is 2.72. The molecule has 18 heavy (non-hydrogen) atoms. The zero-order chi connectivity index (χ0) is 13.1. The molecule has 1 N–H and O–H groups in total. The second-order valence-corrected chi connectivity index (χ2v) is 5.42. The molecule has 1 amide bonds. The number of hydrogen-bond acceptors (Lipinski definition) is 6. The maximum Gasteiger partial charge on any atom is 0.250 e. The van der Waals surface area contributed by atoms with E-state index in [9.17, 15) is 4.79 Å². The summed E-state index contributed by atoms with van der Waals surface area (Å²) in [5.41, 5.74) is 1.65. The molecule has 2 aromatic rings. The van der Waals surface area contributed by atoms with Crippen molar-refractivity contribution < 1.29 is 4.79 Å². The molecule has 2 aromatic heterocycles. The highest BCUT2D eigenvalue weighted by Gasteiger charge is 2.24. The summed E-state index contributed by atoms with van der Waals surface area (Å²) in [5, 5.41) is 16.4. The minimum atomic E-state index is -0.882. The van der Waals surface area contributed by atoms with Crippen LogP contribution in [-0.4, -0.2) is 15.9 Å². The molecule has 2 rings (SSSR count). The first-order valence-corrected chi connectivity index (χ1v) is 6.90. The Morgan fingerprint density at radius 3 is 2.50 bits per heavy atom. The molecule has 1 atom stereocenters. The van der Waals surface area contributed by atoms with Crippen molar-refractivity contribution >= 4 is 33.7 Å². The Kier molecular flexibility index (Phi) is 3.69. The van der Waals surface area contributed by atoms with Gasteiger partial charge in [-0.05, 0) is 13.8 Å². The van der Waals surface area contributed by atoms with Crippen molar-refractivity contribution in [3.05, 3.63) is 27.2 Å². The topological polar surface area (TPSA) is 78.7 Å². The minimum Gasteiger partial charge on any atom is -0.300 e. The van der Waals surface area contributed by atoms with Crippen LogP contribution in [0.15, 0.2) is 10.8 Å². The van der Waals surface area contributed by atoms with Gasteiger partial charge in [-0.1, -0.05) is 0 Å². The van der Waals surface area contributed by atoms with Gasteiger partial charge in [0.05, 0.1) is 11.8 Å². The Balaban J connectivity index is 2.14. The number of hydrogen-bond donors (Lipinski definition) is 1. The van der Waals surface area contributed by atoms with Crippen molar-refractivity contribution in [2.45, 2.75) is 19.8 Å². The van der Waals surface area contributed by atoms with Gasteiger partial charge < -0.3 is 5.32 Å². The maximum atomic E-state index is 12.0. The normalized spacial score (nSPS) is 11.8. The van der Waals surface area contributed by atoms with Gasteiger partial charge in [0, 0.05) is 16.5 Å². The van der Waals surface area contributed by atoms with E-state index >= 15 is 0 Å². The van der Waals surface area contributed by atoms with Gasteiger partial charge >= 0.3 is 0 Å². The monoisotopic (exact) mass is 278 g/mol. The Labute approximate surface area is 112 Å². The molecular formula is C11H10N4OS2. The lowest BCUT2D eigenvalue weighted by Crippen LogP contribution is -2.19. The standard InChI is InChI=1S/C11H10N4OS2/c1-6-4-17-10(13-6)8(3-12)9(16)15-11-14-7(2)5-18-11/h4-5,8H,1-2H3,(H,14,15,16)/t8-/m0/s1. The molecule has 0 saturated carbocycles. The largest absolute Gasteiger partial charge is 0.300 e. The summed E-state index contributed by atoms with van der Waals surface area (Å²) >= 11 is 2.65. The van der Waals surface area contributed by atoms with Crippen LogP contribution in [0.25, 0.3) is 0 Å². The molecule has 0 saturated heterocycles. The van der Waals surface area contributed by atoms with Crippen molar-refractivity contribution in [3.8, 4) is 6.07 Å². The van der Waals surface area contributed by atoms with Gasteiger partial charge in [-0.25, -0.2) is 9.97 Å². The third-order valence-electron chi connectivity index (χ3n) is 2.12. The Bertz CT molecular complexity index is 611. The van der Waals surface area contributed by atoms with Crippen LogP contribution in [0.1, 0.15) is 22.3 Å². The van der Waals surface area contributed by atoms with E-state index in [1.54, 1.807) is 0 Å². The van der Waals surface area contributed by atoms with Gasteiger partial charge in [0.1, 0.15) is 5.01 Å². The number of carbonyl (C=O) groups excluding carboxylic acids is 1. The predicted molar refractivity (Wildman–Crippen MR) is 70.7 cm³/mol. The molecular weight excluding hydrogens is 268 g/mol. The number of nitrogens with one attached hydrogen (secondary N) is 1. The molecule has 92 valence electrons. The number of thiazole rings is 2. The summed E-state index contributed by atoms with van der Waals surface area (Å²) in [6.07, 6.45) is 0. The first-order chi connectivity index (χ1) is 8.60. The minimum absolute atomic E-state index is 0.388. The molecule has 0 aliphatic carbocycles. The van der Waals surface area contributed by atoms with E-state index in [-0.39, 0.29) is 5.91 Å². The number of rotatable bonds is 3. The van der Waals surface area contributed by atoms with Gasteiger partial charge in [0.2, 0.25) is 0 Å². The second kappa shape index (κ2) is 5.25. The molecule has 0 aliphatic heterocycles. The summed E-state index contributed by atoms with van der Waals surface area (Å²) < 4.78 is 0. The van der Waals surface area contributed by atoms with E-state index in [4.69, 9.17) is 5.26 Å². The van der Waals surface area contributed by atoms with Crippen LogP contribution in [0.4, 0.5) is 5.13 Å². The number of carbonyl (C=O) groups is 1. The molecule has 5 nitrogen and oxygen atoms in total. The van der Waals surface area contributed by atoms with Gasteiger partial charge in [0.15, 0.2) is 11.0 Å². The van der Waals surface area contributed by atoms with E-state index in [2.05, 4.69) is 15.3 Å². The van der Waals surface area contributed by atoms with Crippen LogP contribution in [0.3, 0.4) is 0 Å². The number of nitriles is 1. The predicted octanol–water partition coefficient (Wildman–Crippen LogP) is 2.46. The van der Waals surface area contributed by atoms with E-state index in [1.807, 2.05) is 30.7 Å². The molecule has 0 fully saturated rings. The second-order valence-electron chi connectivity index (χ2n) is 3.67. The van der Waals surface area contributed by atoms with Crippen LogP contribution in [0.5, 0.6) is 0 Å². The summed E-state index contributed by atoms with van der Waals surface area (Å²) in [7, 11) is 0. The summed E-state index contributed by atoms with van der Waals surface area (Å²) in [5.74, 6) is -1.27. The van der Waals surface area contributed by atoms with Crippen molar-refractivity contribution in [1.29, 1.82) is 5.26 Å². The number of aromatic nitrogens is 2. The van der Waals surface area contributed by atoms with Crippen molar-refractivity contribution in [1.82, 2.24) is 9.97 Å². The highest BCUT2D eigenvalue weighted by Crippen LogP contribution is 2.22. The quantitative estimate of drug-likeness (QED) is 0.935. The zero-order valence-corrected chi connectivity index (χ0v) is 11.4. The van der Waals surface area contributed by atoms with Crippen LogP contribution >= 0.6 is 22.7 Å². The van der Waals surface area contributed by atoms with E-state index < -0.39 is 5.92 Å². The van der Waals surface area contributed by atoms with Crippen LogP contribution in [-0.2, 0) is 4.79 Å². The van der Waals surface area contributed by atoms with E-state index in [0.717, 1.165) is 11.4 Å². The summed E-state index contributed by atoms with van der Waals surface area (Å²) in [6.45, 7) is 3.68. The molecule has 0 spiro atoms. The lowest BCUT2D eigenvalue weighted by Gasteiger charge is -2.04. The Morgan fingerprint density at radius 2 is 2.00 bits per heavy atom. The number of anilines is 1. The van der Waals surface area contributed by atoms with E-state index in [1.165, 1.54) is 22.7 Å². The van der Waals surface area contributed by atoms with E-state index in [0.29, 0.717) is 10.1 Å². The molecule has 0 unspecified atom stereocenters. The van der Waals surface area contributed by atoms with Gasteiger partial charge in [0.25, 0.3) is 5.91 Å². The number of nitrogens with zero attached hydrogens (tertiary/aromatic N) is 3. The average Bonchev–Trinajstić information content (AvgIpc) is 2.89. The molecule has 7 heteroatoms. The third-order valence-corrected chi connectivity index (χ3v) is 4.03. The van der Waals surface area contributed by atoms with Gasteiger partial charge in [-0.3, -0.25) is 4.79 Å². The lowest BCUT2D eigenvalue weighted by molar-refractivity contribution is -0.116. The number of aryl methyl sites for hydroxylation is 2. The van der Waals surface area contributed by atoms with Crippen LogP contribution in [0.2, 0.25) is 0 Å². The Hall–Kier alpha value is -1.78. The SMILES string of the molecule is Cc1csc(NC(=O)[C@H](C#N)c2nc(C)cs2)n1. The first-order valence-electron chi connectivity index (χ1n) is 5.15. The molecule has 0 bridgehead atoms. The molecule has 2 heterocycles. The van der Waals surface area contributed by atoms with Crippen LogP contribution < -0.4 is 5.32 Å². The number of amides is 1. The highest BCUT2D eigenvalue weighted by molar-refractivity contribution is 7.14. The Morgan fingerprint density at radius 1 is 1.33 bits per heavy atom. The fourth-order valence-electron chi connectivity index (χ4n) is 1.32. The highest BCUT2D eigenvalue weighted by atomic mass is 32.1. The first kappa shape index (κ1) is 12.7. The molecule has 0 radical (unpaired) electrons. The average molecular weight is 278 g/mol. The lowest BCUT2D eigenvalue weighted by atomic mass is 10.2. The zero-order valence-electron chi connectivity index (χ0n) is 9.80. The molecule has 0 aliphatic rings. The fourth-order valence-corrected chi connectivity index (χ4v) is 2.85.